The van der Waals surface area contributed by atoms with Gasteiger partial charge in [0, 0.05) is 18.1 Å². The second-order valence-electron chi connectivity index (χ2n) is 4.89. The molecule has 1 saturated carbocycles. The average molecular weight is 245 g/mol. The molecule has 1 N–H and O–H groups in total. The molecule has 0 aromatic heterocycles. The van der Waals surface area contributed by atoms with Crippen molar-refractivity contribution >= 4 is 11.8 Å². The second kappa shape index (κ2) is 6.87. The first-order valence-electron chi connectivity index (χ1n) is 6.53. The molecule has 0 aromatic rings. The smallest absolute Gasteiger partial charge is 0.0658 e. The fraction of sp³-hybridized carbons (Fsp3) is 1.00. The predicted molar refractivity (Wildman–Crippen MR) is 73.2 cm³/mol. The van der Waals surface area contributed by atoms with Crippen LogP contribution >= 0.6 is 11.8 Å². The highest BCUT2D eigenvalue weighted by atomic mass is 32.2. The minimum absolute atomic E-state index is 0.357. The Morgan fingerprint density at radius 3 is 2.75 bits per heavy atom. The van der Waals surface area contributed by atoms with Crippen LogP contribution in [-0.2, 0) is 4.74 Å². The molecule has 1 aliphatic rings. The van der Waals surface area contributed by atoms with Crippen LogP contribution in [0.15, 0.2) is 0 Å². The van der Waals surface area contributed by atoms with Crippen molar-refractivity contribution in [1.29, 1.82) is 0 Å². The number of hydrogen-bond acceptors (Lipinski definition) is 3. The molecule has 1 fully saturated rings. The van der Waals surface area contributed by atoms with E-state index in [4.69, 9.17) is 4.74 Å². The first kappa shape index (κ1) is 14.3. The number of thioether (sulfide) groups is 1. The van der Waals surface area contributed by atoms with Crippen molar-refractivity contribution in [1.82, 2.24) is 5.32 Å². The Morgan fingerprint density at radius 2 is 2.19 bits per heavy atom. The van der Waals surface area contributed by atoms with Crippen molar-refractivity contribution < 1.29 is 4.74 Å². The molecule has 16 heavy (non-hydrogen) atoms. The van der Waals surface area contributed by atoms with E-state index < -0.39 is 0 Å². The fourth-order valence-corrected chi connectivity index (χ4v) is 2.99. The SMILES string of the molecule is CCOC1CC(NCCCSC)C1(C)CC. The Bertz CT molecular complexity index is 200. The van der Waals surface area contributed by atoms with Gasteiger partial charge in [-0.1, -0.05) is 13.8 Å². The third kappa shape index (κ3) is 3.14. The van der Waals surface area contributed by atoms with Gasteiger partial charge in [-0.25, -0.2) is 0 Å². The van der Waals surface area contributed by atoms with Gasteiger partial charge in [0.1, 0.15) is 0 Å². The predicted octanol–water partition coefficient (Wildman–Crippen LogP) is 2.92. The maximum atomic E-state index is 5.80. The first-order valence-corrected chi connectivity index (χ1v) is 7.92. The molecule has 1 rings (SSSR count). The minimum Gasteiger partial charge on any atom is -0.378 e. The molecule has 2 nitrogen and oxygen atoms in total. The zero-order valence-corrected chi connectivity index (χ0v) is 12.0. The van der Waals surface area contributed by atoms with Gasteiger partial charge in [0.05, 0.1) is 6.10 Å². The summed E-state index contributed by atoms with van der Waals surface area (Å²) in [6.45, 7) is 8.74. The summed E-state index contributed by atoms with van der Waals surface area (Å²) in [6, 6.07) is 0.663. The van der Waals surface area contributed by atoms with E-state index in [-0.39, 0.29) is 0 Å². The maximum absolute atomic E-state index is 5.80. The summed E-state index contributed by atoms with van der Waals surface area (Å²) in [5, 5.41) is 3.69. The number of ether oxygens (including phenoxy) is 1. The highest BCUT2D eigenvalue weighted by Crippen LogP contribution is 2.45. The van der Waals surface area contributed by atoms with Crippen LogP contribution in [0.5, 0.6) is 0 Å². The zero-order valence-electron chi connectivity index (χ0n) is 11.2. The first-order chi connectivity index (χ1) is 7.69. The molecule has 0 spiro atoms. The van der Waals surface area contributed by atoms with Gasteiger partial charge in [-0.15, -0.1) is 0 Å². The number of nitrogens with one attached hydrogen (secondary N) is 1. The summed E-state index contributed by atoms with van der Waals surface area (Å²) < 4.78 is 5.80. The summed E-state index contributed by atoms with van der Waals surface area (Å²) in [4.78, 5) is 0. The van der Waals surface area contributed by atoms with E-state index in [0.29, 0.717) is 17.6 Å². The molecule has 0 aliphatic heterocycles. The van der Waals surface area contributed by atoms with E-state index in [1.807, 2.05) is 11.8 Å². The van der Waals surface area contributed by atoms with Crippen molar-refractivity contribution in [3.63, 3.8) is 0 Å². The third-order valence-electron chi connectivity index (χ3n) is 4.03. The molecule has 3 atom stereocenters. The van der Waals surface area contributed by atoms with Gasteiger partial charge >= 0.3 is 0 Å². The van der Waals surface area contributed by atoms with Crippen LogP contribution in [0, 0.1) is 5.41 Å². The monoisotopic (exact) mass is 245 g/mol. The van der Waals surface area contributed by atoms with Crippen LogP contribution in [0.25, 0.3) is 0 Å². The highest BCUT2D eigenvalue weighted by Gasteiger charge is 2.50. The molecule has 96 valence electrons. The lowest BCUT2D eigenvalue weighted by Gasteiger charge is -2.53. The van der Waals surface area contributed by atoms with Crippen LogP contribution in [-0.4, -0.2) is 37.3 Å². The number of rotatable bonds is 8. The van der Waals surface area contributed by atoms with Crippen molar-refractivity contribution in [3.05, 3.63) is 0 Å². The molecule has 0 heterocycles. The van der Waals surface area contributed by atoms with E-state index in [2.05, 4.69) is 32.3 Å². The summed E-state index contributed by atoms with van der Waals surface area (Å²) in [5.41, 5.74) is 0.357. The summed E-state index contributed by atoms with van der Waals surface area (Å²) in [7, 11) is 0. The molecule has 0 aromatic carbocycles. The Balaban J connectivity index is 2.28. The van der Waals surface area contributed by atoms with E-state index in [9.17, 15) is 0 Å². The molecular formula is C13H27NOS. The fourth-order valence-electron chi connectivity index (χ4n) is 2.56. The zero-order chi connectivity index (χ0) is 12.0. The highest BCUT2D eigenvalue weighted by molar-refractivity contribution is 7.98. The standard InChI is InChI=1S/C13H27NOS/c1-5-13(3)11(10-12(13)15-6-2)14-8-7-9-16-4/h11-12,14H,5-10H2,1-4H3. The van der Waals surface area contributed by atoms with Gasteiger partial charge < -0.3 is 10.1 Å². The molecule has 3 unspecified atom stereocenters. The number of hydrogen-bond donors (Lipinski definition) is 1. The van der Waals surface area contributed by atoms with Crippen molar-refractivity contribution in [3.8, 4) is 0 Å². The van der Waals surface area contributed by atoms with Crippen LogP contribution < -0.4 is 5.32 Å². The molecular weight excluding hydrogens is 218 g/mol. The maximum Gasteiger partial charge on any atom is 0.0658 e. The molecule has 0 saturated heterocycles. The van der Waals surface area contributed by atoms with Crippen LogP contribution in [0.2, 0.25) is 0 Å². The molecule has 0 amide bonds. The largest absolute Gasteiger partial charge is 0.378 e. The Labute approximate surface area is 105 Å². The van der Waals surface area contributed by atoms with Crippen LogP contribution in [0.1, 0.15) is 40.0 Å². The van der Waals surface area contributed by atoms with Crippen molar-refractivity contribution in [2.24, 2.45) is 5.41 Å². The van der Waals surface area contributed by atoms with Gasteiger partial charge in [0.15, 0.2) is 0 Å². The summed E-state index contributed by atoms with van der Waals surface area (Å²) in [6.07, 6.45) is 6.32. The van der Waals surface area contributed by atoms with Gasteiger partial charge in [0.2, 0.25) is 0 Å². The van der Waals surface area contributed by atoms with Crippen LogP contribution in [0.4, 0.5) is 0 Å². The van der Waals surface area contributed by atoms with Crippen molar-refractivity contribution in [2.75, 3.05) is 25.2 Å². The van der Waals surface area contributed by atoms with Crippen LogP contribution in [0.3, 0.4) is 0 Å². The molecule has 3 heteroatoms. The normalized spacial score (nSPS) is 33.8. The average Bonchev–Trinajstić information content (AvgIpc) is 2.30. The molecule has 0 radical (unpaired) electrons. The molecule has 1 aliphatic carbocycles. The van der Waals surface area contributed by atoms with Gasteiger partial charge in [-0.2, -0.15) is 11.8 Å². The van der Waals surface area contributed by atoms with Gasteiger partial charge in [-0.05, 0) is 44.7 Å². The van der Waals surface area contributed by atoms with E-state index >= 15 is 0 Å². The van der Waals surface area contributed by atoms with Gasteiger partial charge in [0.25, 0.3) is 0 Å². The Kier molecular flexibility index (Phi) is 6.16. The second-order valence-corrected chi connectivity index (χ2v) is 5.88. The lowest BCUT2D eigenvalue weighted by atomic mass is 9.61. The summed E-state index contributed by atoms with van der Waals surface area (Å²) in [5.74, 6) is 1.26. The third-order valence-corrected chi connectivity index (χ3v) is 4.72. The van der Waals surface area contributed by atoms with E-state index in [1.165, 1.54) is 25.0 Å². The van der Waals surface area contributed by atoms with E-state index in [0.717, 1.165) is 13.2 Å². The lowest BCUT2D eigenvalue weighted by Crippen LogP contribution is -2.62. The Morgan fingerprint density at radius 1 is 1.44 bits per heavy atom. The van der Waals surface area contributed by atoms with Crippen molar-refractivity contribution in [2.45, 2.75) is 52.2 Å². The quantitative estimate of drug-likeness (QED) is 0.664. The Hall–Kier alpha value is 0.270. The summed E-state index contributed by atoms with van der Waals surface area (Å²) >= 11 is 1.93. The topological polar surface area (TPSA) is 21.3 Å². The van der Waals surface area contributed by atoms with Gasteiger partial charge in [-0.3, -0.25) is 0 Å². The molecule has 0 bridgehead atoms. The van der Waals surface area contributed by atoms with E-state index in [1.54, 1.807) is 0 Å². The minimum atomic E-state index is 0.357. The lowest BCUT2D eigenvalue weighted by molar-refractivity contribution is -0.125.